The Morgan fingerprint density at radius 3 is 2.54 bits per heavy atom. The zero-order valence-corrected chi connectivity index (χ0v) is 15.4. The van der Waals surface area contributed by atoms with Gasteiger partial charge in [0.15, 0.2) is 6.10 Å². The summed E-state index contributed by atoms with van der Waals surface area (Å²) in [6.07, 6.45) is -1.92. The summed E-state index contributed by atoms with van der Waals surface area (Å²) in [4.78, 5) is 12.3. The van der Waals surface area contributed by atoms with Gasteiger partial charge in [-0.05, 0) is 37.5 Å². The molecule has 2 aliphatic rings. The molecule has 4 rings (SSSR count). The molecule has 1 aromatic carbocycles. The third-order valence-corrected chi connectivity index (χ3v) is 5.46. The molecule has 1 aromatic heterocycles. The summed E-state index contributed by atoms with van der Waals surface area (Å²) in [6, 6.07) is 5.87. The molecule has 0 amide bonds. The second-order valence-electron chi connectivity index (χ2n) is 7.40. The number of rotatable bonds is 5. The van der Waals surface area contributed by atoms with Gasteiger partial charge in [-0.3, -0.25) is 4.90 Å². The van der Waals surface area contributed by atoms with Crippen LogP contribution in [0.2, 0.25) is 0 Å². The fraction of sp³-hybridized carbons (Fsp3) is 0.579. The number of ether oxygens (including phenoxy) is 1. The van der Waals surface area contributed by atoms with Gasteiger partial charge in [0.05, 0.1) is 10.9 Å². The average molecular weight is 396 g/mol. The van der Waals surface area contributed by atoms with E-state index >= 15 is 0 Å². The molecule has 1 aliphatic heterocycles. The summed E-state index contributed by atoms with van der Waals surface area (Å²) in [7, 11) is 0. The summed E-state index contributed by atoms with van der Waals surface area (Å²) in [5.74, 6) is 0.587. The first-order valence-corrected chi connectivity index (χ1v) is 9.53. The Bertz CT molecular complexity index is 820. The lowest BCUT2D eigenvalue weighted by atomic mass is 9.96. The van der Waals surface area contributed by atoms with Gasteiger partial charge in [-0.15, -0.1) is 0 Å². The van der Waals surface area contributed by atoms with Gasteiger partial charge in [-0.1, -0.05) is 0 Å². The Morgan fingerprint density at radius 2 is 1.89 bits per heavy atom. The highest BCUT2D eigenvalue weighted by molar-refractivity contribution is 5.86. The number of piperazine rings is 1. The molecule has 1 N–H and O–H groups in total. The summed E-state index contributed by atoms with van der Waals surface area (Å²) in [5.41, 5.74) is 1.77. The number of anilines is 1. The zero-order chi connectivity index (χ0) is 19.7. The normalized spacial score (nSPS) is 20.2. The first-order chi connectivity index (χ1) is 13.4. The molecule has 1 unspecified atom stereocenters. The third kappa shape index (κ3) is 4.15. The molecule has 1 saturated heterocycles. The SMILES string of the molecule is OC(CN1CCN(c2ccc3ncnc(OC4CCC4)c3c2)CC1)C(F)(F)F. The number of aliphatic hydroxyl groups excluding tert-OH is 1. The number of benzene rings is 1. The van der Waals surface area contributed by atoms with E-state index in [-0.39, 0.29) is 12.6 Å². The van der Waals surface area contributed by atoms with Crippen molar-refractivity contribution in [3.05, 3.63) is 24.5 Å². The number of nitrogens with zero attached hydrogens (tertiary/aromatic N) is 4. The fourth-order valence-corrected chi connectivity index (χ4v) is 3.49. The monoisotopic (exact) mass is 396 g/mol. The van der Waals surface area contributed by atoms with Crippen molar-refractivity contribution in [3.8, 4) is 5.88 Å². The van der Waals surface area contributed by atoms with E-state index in [2.05, 4.69) is 14.9 Å². The van der Waals surface area contributed by atoms with E-state index in [9.17, 15) is 18.3 Å². The lowest BCUT2D eigenvalue weighted by molar-refractivity contribution is -0.208. The highest BCUT2D eigenvalue weighted by atomic mass is 19.4. The van der Waals surface area contributed by atoms with Crippen LogP contribution in [0.4, 0.5) is 18.9 Å². The molecule has 1 saturated carbocycles. The van der Waals surface area contributed by atoms with E-state index in [1.165, 1.54) is 12.7 Å². The maximum absolute atomic E-state index is 12.5. The second-order valence-corrected chi connectivity index (χ2v) is 7.40. The van der Waals surface area contributed by atoms with E-state index in [4.69, 9.17) is 4.74 Å². The van der Waals surface area contributed by atoms with Crippen molar-refractivity contribution in [1.29, 1.82) is 0 Å². The molecule has 2 aromatic rings. The van der Waals surface area contributed by atoms with Crippen LogP contribution in [0.1, 0.15) is 19.3 Å². The van der Waals surface area contributed by atoms with Gasteiger partial charge >= 0.3 is 6.18 Å². The van der Waals surface area contributed by atoms with Crippen LogP contribution >= 0.6 is 0 Å². The van der Waals surface area contributed by atoms with Gasteiger partial charge in [-0.2, -0.15) is 13.2 Å². The highest BCUT2D eigenvalue weighted by Crippen LogP contribution is 2.31. The molecule has 152 valence electrons. The number of hydrogen-bond acceptors (Lipinski definition) is 6. The molecule has 1 atom stereocenters. The second kappa shape index (κ2) is 7.71. The van der Waals surface area contributed by atoms with Crippen LogP contribution in [0.15, 0.2) is 24.5 Å². The molecule has 6 nitrogen and oxygen atoms in total. The molecule has 1 aliphatic carbocycles. The average Bonchev–Trinajstić information content (AvgIpc) is 2.64. The van der Waals surface area contributed by atoms with E-state index < -0.39 is 12.3 Å². The molecular formula is C19H23F3N4O2. The van der Waals surface area contributed by atoms with Crippen LogP contribution in [-0.2, 0) is 0 Å². The lowest BCUT2D eigenvalue weighted by Gasteiger charge is -2.37. The van der Waals surface area contributed by atoms with Crippen molar-refractivity contribution >= 4 is 16.6 Å². The number of aromatic nitrogens is 2. The Labute approximate surface area is 160 Å². The predicted octanol–water partition coefficient (Wildman–Crippen LogP) is 2.61. The summed E-state index contributed by atoms with van der Waals surface area (Å²) >= 11 is 0. The van der Waals surface area contributed by atoms with E-state index in [0.717, 1.165) is 29.4 Å². The number of β-amino-alcohol motifs (C(OH)–C–C–N with tert-alkyl or cyclic N) is 1. The Kier molecular flexibility index (Phi) is 5.29. The summed E-state index contributed by atoms with van der Waals surface area (Å²) in [5, 5.41) is 10.1. The lowest BCUT2D eigenvalue weighted by Crippen LogP contribution is -2.50. The molecule has 0 bridgehead atoms. The standard InChI is InChI=1S/C19H23F3N4O2/c20-19(21,22)17(27)11-25-6-8-26(9-7-25)13-4-5-16-15(10-13)18(24-12-23-16)28-14-2-1-3-14/h4-5,10,12,14,17,27H,1-3,6-9,11H2. The molecule has 2 heterocycles. The maximum atomic E-state index is 12.5. The minimum atomic E-state index is -4.58. The molecule has 28 heavy (non-hydrogen) atoms. The number of aliphatic hydroxyl groups is 1. The van der Waals surface area contributed by atoms with Crippen molar-refractivity contribution in [2.45, 2.75) is 37.6 Å². The minimum absolute atomic E-state index is 0.213. The molecule has 0 radical (unpaired) electrons. The number of alkyl halides is 3. The van der Waals surface area contributed by atoms with Gasteiger partial charge in [0.1, 0.15) is 12.4 Å². The largest absolute Gasteiger partial charge is 0.474 e. The summed E-state index contributed by atoms with van der Waals surface area (Å²) < 4.78 is 43.6. The van der Waals surface area contributed by atoms with Gasteiger partial charge < -0.3 is 14.7 Å². The van der Waals surface area contributed by atoms with Crippen LogP contribution in [0.5, 0.6) is 5.88 Å². The fourth-order valence-electron chi connectivity index (χ4n) is 3.49. The number of hydrogen-bond donors (Lipinski definition) is 1. The van der Waals surface area contributed by atoms with Crippen LogP contribution in [-0.4, -0.2) is 71.1 Å². The van der Waals surface area contributed by atoms with Crippen LogP contribution in [0, 0.1) is 0 Å². The number of fused-ring (bicyclic) bond motifs is 1. The van der Waals surface area contributed by atoms with Crippen molar-refractivity contribution in [1.82, 2.24) is 14.9 Å². The zero-order valence-electron chi connectivity index (χ0n) is 15.4. The Morgan fingerprint density at radius 1 is 1.14 bits per heavy atom. The number of halogens is 3. The first kappa shape index (κ1) is 19.2. The van der Waals surface area contributed by atoms with Crippen molar-refractivity contribution in [3.63, 3.8) is 0 Å². The summed E-state index contributed by atoms with van der Waals surface area (Å²) in [6.45, 7) is 1.71. The Hall–Kier alpha value is -2.13. The topological polar surface area (TPSA) is 61.7 Å². The highest BCUT2D eigenvalue weighted by Gasteiger charge is 2.39. The molecule has 9 heteroatoms. The maximum Gasteiger partial charge on any atom is 0.415 e. The predicted molar refractivity (Wildman–Crippen MR) is 98.5 cm³/mol. The van der Waals surface area contributed by atoms with Crippen LogP contribution in [0.3, 0.4) is 0 Å². The van der Waals surface area contributed by atoms with E-state index in [1.54, 1.807) is 4.90 Å². The van der Waals surface area contributed by atoms with Crippen LogP contribution < -0.4 is 9.64 Å². The van der Waals surface area contributed by atoms with Gasteiger partial charge in [0, 0.05) is 38.4 Å². The smallest absolute Gasteiger partial charge is 0.415 e. The molecule has 2 fully saturated rings. The van der Waals surface area contributed by atoms with E-state index in [1.807, 2.05) is 18.2 Å². The van der Waals surface area contributed by atoms with Gasteiger partial charge in [-0.25, -0.2) is 9.97 Å². The molecular weight excluding hydrogens is 373 g/mol. The molecule has 0 spiro atoms. The van der Waals surface area contributed by atoms with Crippen molar-refractivity contribution < 1.29 is 23.0 Å². The van der Waals surface area contributed by atoms with Crippen LogP contribution in [0.25, 0.3) is 10.9 Å². The first-order valence-electron chi connectivity index (χ1n) is 9.53. The van der Waals surface area contributed by atoms with E-state index in [0.29, 0.717) is 32.1 Å². The van der Waals surface area contributed by atoms with Gasteiger partial charge in [0.25, 0.3) is 0 Å². The van der Waals surface area contributed by atoms with Crippen molar-refractivity contribution in [2.75, 3.05) is 37.6 Å². The minimum Gasteiger partial charge on any atom is -0.474 e. The van der Waals surface area contributed by atoms with Gasteiger partial charge in [0.2, 0.25) is 5.88 Å². The third-order valence-electron chi connectivity index (χ3n) is 5.46. The quantitative estimate of drug-likeness (QED) is 0.839. The van der Waals surface area contributed by atoms with Crippen molar-refractivity contribution in [2.24, 2.45) is 0 Å². The Balaban J connectivity index is 1.44.